The van der Waals surface area contributed by atoms with Crippen LogP contribution in [0.1, 0.15) is 0 Å². The Morgan fingerprint density at radius 3 is 2.38 bits per heavy atom. The number of nitrogens with zero attached hydrogens (tertiary/aromatic N) is 2. The zero-order valence-electron chi connectivity index (χ0n) is 8.00. The van der Waals surface area contributed by atoms with Crippen molar-refractivity contribution in [3.63, 3.8) is 0 Å². The van der Waals surface area contributed by atoms with Crippen molar-refractivity contribution in [3.8, 4) is 0 Å². The largest absolute Gasteiger partial charge is 0.294 e. The molecule has 1 aromatic rings. The fraction of sp³-hybridized carbons (Fsp3) is 0.286. The minimum atomic E-state index is -3.83. The predicted molar refractivity (Wildman–Crippen MR) is 50.5 cm³/mol. The number of carbonyl (C=O) groups is 2. The summed E-state index contributed by atoms with van der Waals surface area (Å²) in [5, 5.41) is 7.88. The van der Waals surface area contributed by atoms with E-state index in [1.807, 2.05) is 5.32 Å². The lowest BCUT2D eigenvalue weighted by Gasteiger charge is -2.23. The third-order valence-electron chi connectivity index (χ3n) is 2.03. The Morgan fingerprint density at radius 2 is 1.88 bits per heavy atom. The molecule has 2 N–H and O–H groups in total. The maximum absolute atomic E-state index is 11.9. The monoisotopic (exact) mass is 244 g/mol. The maximum Gasteiger partial charge on any atom is 0.247 e. The van der Waals surface area contributed by atoms with E-state index in [4.69, 9.17) is 0 Å². The van der Waals surface area contributed by atoms with Crippen molar-refractivity contribution >= 4 is 21.8 Å². The van der Waals surface area contributed by atoms with Crippen molar-refractivity contribution in [2.24, 2.45) is 0 Å². The average Bonchev–Trinajstić information content (AvgIpc) is 2.69. The number of imide groups is 1. The van der Waals surface area contributed by atoms with Gasteiger partial charge in [-0.05, 0) is 0 Å². The molecule has 2 heterocycles. The fourth-order valence-electron chi connectivity index (χ4n) is 1.31. The van der Waals surface area contributed by atoms with Crippen LogP contribution in [0.5, 0.6) is 0 Å². The Balaban J connectivity index is 2.31. The number of nitrogens with one attached hydrogen (secondary N) is 2. The highest BCUT2D eigenvalue weighted by molar-refractivity contribution is 7.89. The molecule has 2 rings (SSSR count). The summed E-state index contributed by atoms with van der Waals surface area (Å²) in [6.45, 7) is -0.724. The van der Waals surface area contributed by atoms with Crippen LogP contribution in [-0.2, 0) is 19.6 Å². The van der Waals surface area contributed by atoms with E-state index in [9.17, 15) is 18.0 Å². The van der Waals surface area contributed by atoms with Crippen molar-refractivity contribution in [3.05, 3.63) is 12.4 Å². The van der Waals surface area contributed by atoms with Gasteiger partial charge in [-0.1, -0.05) is 0 Å². The first-order valence-corrected chi connectivity index (χ1v) is 5.76. The van der Waals surface area contributed by atoms with E-state index >= 15 is 0 Å². The van der Waals surface area contributed by atoms with Crippen LogP contribution in [0.2, 0.25) is 0 Å². The number of hydrogen-bond acceptors (Lipinski definition) is 5. The molecular weight excluding hydrogens is 236 g/mol. The standard InChI is InChI=1S/C7H8N4O4S/c12-6-3-11(4-7(13)10-6)16(14,15)5-1-8-9-2-5/h1-2H,3-4H2,(H,8,9)(H,10,12,13). The van der Waals surface area contributed by atoms with Crippen LogP contribution in [0.25, 0.3) is 0 Å². The molecule has 0 radical (unpaired) electrons. The first-order chi connectivity index (χ1) is 7.50. The number of amides is 2. The molecule has 16 heavy (non-hydrogen) atoms. The highest BCUT2D eigenvalue weighted by Gasteiger charge is 2.33. The molecule has 1 fully saturated rings. The summed E-state index contributed by atoms with van der Waals surface area (Å²) in [6, 6.07) is 0. The van der Waals surface area contributed by atoms with Gasteiger partial charge >= 0.3 is 0 Å². The van der Waals surface area contributed by atoms with Gasteiger partial charge < -0.3 is 0 Å². The second-order valence-electron chi connectivity index (χ2n) is 3.18. The predicted octanol–water partition coefficient (Wildman–Crippen LogP) is -1.94. The molecule has 1 aliphatic heterocycles. The van der Waals surface area contributed by atoms with Crippen molar-refractivity contribution < 1.29 is 18.0 Å². The third kappa shape index (κ3) is 1.82. The number of carbonyl (C=O) groups excluding carboxylic acids is 2. The number of sulfonamides is 1. The number of rotatable bonds is 2. The molecule has 0 atom stereocenters. The summed E-state index contributed by atoms with van der Waals surface area (Å²) in [4.78, 5) is 22.0. The van der Waals surface area contributed by atoms with Gasteiger partial charge in [-0.25, -0.2) is 8.42 Å². The zero-order valence-corrected chi connectivity index (χ0v) is 8.82. The highest BCUT2D eigenvalue weighted by atomic mass is 32.2. The number of piperazine rings is 1. The highest BCUT2D eigenvalue weighted by Crippen LogP contribution is 2.14. The molecule has 9 heteroatoms. The van der Waals surface area contributed by atoms with Gasteiger partial charge in [-0.3, -0.25) is 20.0 Å². The lowest BCUT2D eigenvalue weighted by molar-refractivity contribution is -0.134. The Kier molecular flexibility index (Phi) is 2.48. The summed E-state index contributed by atoms with van der Waals surface area (Å²) in [6.07, 6.45) is 2.30. The van der Waals surface area contributed by atoms with Gasteiger partial charge in [0.1, 0.15) is 4.90 Å². The molecule has 1 saturated heterocycles. The smallest absolute Gasteiger partial charge is 0.247 e. The van der Waals surface area contributed by atoms with Gasteiger partial charge in [0.2, 0.25) is 21.8 Å². The SMILES string of the molecule is O=C1CN(S(=O)(=O)c2cn[nH]c2)CC(=O)N1. The van der Waals surface area contributed by atoms with Crippen molar-refractivity contribution in [2.75, 3.05) is 13.1 Å². The van der Waals surface area contributed by atoms with Gasteiger partial charge in [-0.2, -0.15) is 9.40 Å². The van der Waals surface area contributed by atoms with Crippen LogP contribution in [0.15, 0.2) is 17.3 Å². The molecule has 0 spiro atoms. The molecule has 0 aliphatic carbocycles. The molecule has 0 bridgehead atoms. The first kappa shape index (κ1) is 10.8. The number of H-pyrrole nitrogens is 1. The second kappa shape index (κ2) is 3.68. The topological polar surface area (TPSA) is 112 Å². The summed E-state index contributed by atoms with van der Waals surface area (Å²) in [5.74, 6) is -1.27. The van der Waals surface area contributed by atoms with E-state index < -0.39 is 21.8 Å². The Bertz CT molecular complexity index is 505. The third-order valence-corrected chi connectivity index (χ3v) is 3.79. The van der Waals surface area contributed by atoms with E-state index in [0.29, 0.717) is 0 Å². The van der Waals surface area contributed by atoms with Crippen LogP contribution < -0.4 is 5.32 Å². The van der Waals surface area contributed by atoms with Crippen LogP contribution in [-0.4, -0.2) is 47.8 Å². The number of hydrogen-bond donors (Lipinski definition) is 2. The van der Waals surface area contributed by atoms with E-state index in [-0.39, 0.29) is 18.0 Å². The zero-order chi connectivity index (χ0) is 11.8. The van der Waals surface area contributed by atoms with Crippen LogP contribution in [0.3, 0.4) is 0 Å². The van der Waals surface area contributed by atoms with Gasteiger partial charge in [0.05, 0.1) is 19.3 Å². The maximum atomic E-state index is 11.9. The van der Waals surface area contributed by atoms with Gasteiger partial charge in [0, 0.05) is 6.20 Å². The minimum Gasteiger partial charge on any atom is -0.294 e. The van der Waals surface area contributed by atoms with E-state index in [2.05, 4.69) is 10.2 Å². The van der Waals surface area contributed by atoms with E-state index in [0.717, 1.165) is 10.5 Å². The van der Waals surface area contributed by atoms with E-state index in [1.54, 1.807) is 0 Å². The Hall–Kier alpha value is -1.74. The van der Waals surface area contributed by atoms with Crippen molar-refractivity contribution in [1.29, 1.82) is 0 Å². The Labute approximate surface area is 90.7 Å². The van der Waals surface area contributed by atoms with Gasteiger partial charge in [-0.15, -0.1) is 0 Å². The molecule has 1 aromatic heterocycles. The molecule has 86 valence electrons. The average molecular weight is 244 g/mol. The molecule has 0 aromatic carbocycles. The molecule has 1 aliphatic rings. The van der Waals surface area contributed by atoms with Gasteiger partial charge in [0.25, 0.3) is 0 Å². The quantitative estimate of drug-likeness (QED) is 0.587. The fourth-order valence-corrected chi connectivity index (χ4v) is 2.57. The Morgan fingerprint density at radius 1 is 1.25 bits per heavy atom. The van der Waals surface area contributed by atoms with Crippen LogP contribution in [0, 0.1) is 0 Å². The molecule has 0 unspecified atom stereocenters. The summed E-state index contributed by atoms with van der Waals surface area (Å²) < 4.78 is 24.6. The van der Waals surface area contributed by atoms with Crippen molar-refractivity contribution in [1.82, 2.24) is 19.8 Å². The summed E-state index contributed by atoms with van der Waals surface area (Å²) in [5.41, 5.74) is 0. The van der Waals surface area contributed by atoms with Crippen LogP contribution >= 0.6 is 0 Å². The lowest BCUT2D eigenvalue weighted by atomic mass is 10.4. The first-order valence-electron chi connectivity index (χ1n) is 4.32. The van der Waals surface area contributed by atoms with Crippen molar-refractivity contribution in [2.45, 2.75) is 4.90 Å². The summed E-state index contributed by atoms with van der Waals surface area (Å²) in [7, 11) is -3.83. The van der Waals surface area contributed by atoms with Gasteiger partial charge in [0.15, 0.2) is 0 Å². The number of aromatic amines is 1. The van der Waals surface area contributed by atoms with E-state index in [1.165, 1.54) is 6.20 Å². The number of aromatic nitrogens is 2. The second-order valence-corrected chi connectivity index (χ2v) is 5.12. The lowest BCUT2D eigenvalue weighted by Crippen LogP contribution is -2.53. The van der Waals surface area contributed by atoms with Crippen LogP contribution in [0.4, 0.5) is 0 Å². The minimum absolute atomic E-state index is 0.0741. The molecular formula is C7H8N4O4S. The molecule has 8 nitrogen and oxygen atoms in total. The normalized spacial score (nSPS) is 18.5. The molecule has 2 amide bonds. The summed E-state index contributed by atoms with van der Waals surface area (Å²) >= 11 is 0. The molecule has 0 saturated carbocycles.